The van der Waals surface area contributed by atoms with Gasteiger partial charge in [-0.15, -0.1) is 0 Å². The highest BCUT2D eigenvalue weighted by Crippen LogP contribution is 2.42. The Kier molecular flexibility index (Phi) is 4.10. The summed E-state index contributed by atoms with van der Waals surface area (Å²) in [7, 11) is 2.01. The summed E-state index contributed by atoms with van der Waals surface area (Å²) >= 11 is 0. The molecule has 0 saturated carbocycles. The van der Waals surface area contributed by atoms with Gasteiger partial charge in [0.25, 0.3) is 0 Å². The van der Waals surface area contributed by atoms with Crippen molar-refractivity contribution in [1.29, 1.82) is 0 Å². The molecule has 0 unspecified atom stereocenters. The Morgan fingerprint density at radius 2 is 2.09 bits per heavy atom. The molecule has 2 atom stereocenters. The molecule has 1 aromatic heterocycles. The first-order chi connectivity index (χ1) is 10.9. The zero-order valence-corrected chi connectivity index (χ0v) is 13.7. The molecular weight excluding hydrogens is 294 g/mol. The number of likely N-dealkylation sites (N-methyl/N-ethyl adjacent to an activating group) is 1. The van der Waals surface area contributed by atoms with Gasteiger partial charge in [0, 0.05) is 30.9 Å². The van der Waals surface area contributed by atoms with Crippen LogP contribution in [0.2, 0.25) is 0 Å². The largest absolute Gasteiger partial charge is 0.481 e. The van der Waals surface area contributed by atoms with E-state index in [-0.39, 0.29) is 11.8 Å². The lowest BCUT2D eigenvalue weighted by atomic mass is 9.68. The van der Waals surface area contributed by atoms with Gasteiger partial charge in [-0.1, -0.05) is 0 Å². The Balaban J connectivity index is 1.83. The van der Waals surface area contributed by atoms with Crippen molar-refractivity contribution in [3.63, 3.8) is 0 Å². The van der Waals surface area contributed by atoms with Gasteiger partial charge in [-0.25, -0.2) is 4.98 Å². The number of hydrogen-bond acceptors (Lipinski definition) is 5. The molecular formula is C17H23N3O3. The number of carboxylic acid groups (broad SMARTS) is 1. The number of aromatic nitrogens is 1. The summed E-state index contributed by atoms with van der Waals surface area (Å²) in [5.74, 6) is 0.140. The van der Waals surface area contributed by atoms with E-state index in [0.717, 1.165) is 25.2 Å². The van der Waals surface area contributed by atoms with Gasteiger partial charge in [0.1, 0.15) is 5.82 Å². The highest BCUT2D eigenvalue weighted by Gasteiger charge is 2.52. The second-order valence-electron chi connectivity index (χ2n) is 6.72. The zero-order valence-electron chi connectivity index (χ0n) is 13.7. The lowest BCUT2D eigenvalue weighted by Crippen LogP contribution is -2.63. The van der Waals surface area contributed by atoms with Gasteiger partial charge < -0.3 is 14.9 Å². The zero-order chi connectivity index (χ0) is 16.6. The Bertz CT molecular complexity index is 616. The minimum atomic E-state index is -0.673. The molecule has 2 saturated heterocycles. The number of aliphatic carboxylic acids is 1. The standard InChI is InChI=1S/C17H23N3O3/c1-12(21)13-4-5-15(18-10-13)20-9-7-17(16(22)23)6-3-8-19(2)14(17)11-20/h4-5,10,14H,3,6-9,11H2,1-2H3,(H,22,23)/t14-,17+/m1/s1. The minimum Gasteiger partial charge on any atom is -0.481 e. The average Bonchev–Trinajstić information content (AvgIpc) is 2.55. The van der Waals surface area contributed by atoms with Gasteiger partial charge >= 0.3 is 5.97 Å². The van der Waals surface area contributed by atoms with Gasteiger partial charge in [-0.05, 0) is 51.9 Å². The molecule has 3 heterocycles. The third-order valence-electron chi connectivity index (χ3n) is 5.43. The number of anilines is 1. The molecule has 2 aliphatic heterocycles. The van der Waals surface area contributed by atoms with Crippen LogP contribution in [-0.2, 0) is 4.79 Å². The van der Waals surface area contributed by atoms with E-state index in [2.05, 4.69) is 14.8 Å². The van der Waals surface area contributed by atoms with Crippen LogP contribution in [0.4, 0.5) is 5.82 Å². The number of pyridine rings is 1. The molecule has 1 aromatic rings. The molecule has 1 N–H and O–H groups in total. The van der Waals surface area contributed by atoms with Gasteiger partial charge in [0.15, 0.2) is 5.78 Å². The fourth-order valence-electron chi connectivity index (χ4n) is 3.97. The third kappa shape index (κ3) is 2.72. The Labute approximate surface area is 136 Å². The summed E-state index contributed by atoms with van der Waals surface area (Å²) in [6.45, 7) is 3.80. The number of Topliss-reactive ketones (excluding diaryl/α,β-unsaturated/α-hetero) is 1. The normalized spacial score (nSPS) is 28.3. The predicted octanol–water partition coefficient (Wildman–Crippen LogP) is 1.66. The van der Waals surface area contributed by atoms with Crippen LogP contribution in [0.5, 0.6) is 0 Å². The monoisotopic (exact) mass is 317 g/mol. The van der Waals surface area contributed by atoms with Crippen molar-refractivity contribution in [2.45, 2.75) is 32.2 Å². The number of carbonyl (C=O) groups is 2. The maximum atomic E-state index is 11.9. The van der Waals surface area contributed by atoms with Crippen molar-refractivity contribution < 1.29 is 14.7 Å². The lowest BCUT2D eigenvalue weighted by Gasteiger charge is -2.52. The van der Waals surface area contributed by atoms with Crippen LogP contribution in [-0.4, -0.2) is 59.5 Å². The fourth-order valence-corrected chi connectivity index (χ4v) is 3.97. The molecule has 0 bridgehead atoms. The Morgan fingerprint density at radius 1 is 1.30 bits per heavy atom. The van der Waals surface area contributed by atoms with Crippen molar-refractivity contribution in [2.75, 3.05) is 31.6 Å². The van der Waals surface area contributed by atoms with Crippen LogP contribution in [0, 0.1) is 5.41 Å². The molecule has 2 aliphatic rings. The van der Waals surface area contributed by atoms with E-state index in [1.54, 1.807) is 12.3 Å². The third-order valence-corrected chi connectivity index (χ3v) is 5.43. The van der Waals surface area contributed by atoms with Crippen molar-refractivity contribution in [1.82, 2.24) is 9.88 Å². The maximum Gasteiger partial charge on any atom is 0.311 e. The average molecular weight is 317 g/mol. The second kappa shape index (κ2) is 5.92. The first-order valence-corrected chi connectivity index (χ1v) is 8.09. The molecule has 3 rings (SSSR count). The van der Waals surface area contributed by atoms with E-state index in [1.165, 1.54) is 6.92 Å². The van der Waals surface area contributed by atoms with E-state index in [4.69, 9.17) is 0 Å². The van der Waals surface area contributed by atoms with Crippen molar-refractivity contribution in [2.24, 2.45) is 5.41 Å². The molecule has 0 spiro atoms. The van der Waals surface area contributed by atoms with E-state index < -0.39 is 11.4 Å². The van der Waals surface area contributed by atoms with Crippen molar-refractivity contribution >= 4 is 17.6 Å². The summed E-state index contributed by atoms with van der Waals surface area (Å²) in [5, 5.41) is 9.80. The number of rotatable bonds is 3. The van der Waals surface area contributed by atoms with Crippen LogP contribution in [0.25, 0.3) is 0 Å². The van der Waals surface area contributed by atoms with Gasteiger partial charge in [0.05, 0.1) is 5.41 Å². The second-order valence-corrected chi connectivity index (χ2v) is 6.72. The molecule has 0 radical (unpaired) electrons. The molecule has 124 valence electrons. The highest BCUT2D eigenvalue weighted by molar-refractivity contribution is 5.93. The molecule has 0 aromatic carbocycles. The summed E-state index contributed by atoms with van der Waals surface area (Å²) in [6, 6.07) is 3.64. The molecule has 0 aliphatic carbocycles. The number of carbonyl (C=O) groups excluding carboxylic acids is 1. The van der Waals surface area contributed by atoms with Gasteiger partial charge in [-0.3, -0.25) is 9.59 Å². The van der Waals surface area contributed by atoms with Crippen LogP contribution in [0.3, 0.4) is 0 Å². The Morgan fingerprint density at radius 3 is 2.70 bits per heavy atom. The number of ketones is 1. The molecule has 0 amide bonds. The first-order valence-electron chi connectivity index (χ1n) is 8.09. The van der Waals surface area contributed by atoms with Crippen LogP contribution in [0.15, 0.2) is 18.3 Å². The van der Waals surface area contributed by atoms with Crippen molar-refractivity contribution in [3.05, 3.63) is 23.9 Å². The van der Waals surface area contributed by atoms with Crippen LogP contribution >= 0.6 is 0 Å². The number of hydrogen-bond donors (Lipinski definition) is 1. The summed E-state index contributed by atoms with van der Waals surface area (Å²) in [4.78, 5) is 32.0. The number of piperidine rings is 2. The summed E-state index contributed by atoms with van der Waals surface area (Å²) in [5.41, 5.74) is -0.0385. The van der Waals surface area contributed by atoms with E-state index in [9.17, 15) is 14.7 Å². The van der Waals surface area contributed by atoms with E-state index in [0.29, 0.717) is 25.1 Å². The minimum absolute atomic E-state index is 0.000368. The molecule has 2 fully saturated rings. The first kappa shape index (κ1) is 15.9. The highest BCUT2D eigenvalue weighted by atomic mass is 16.4. The van der Waals surface area contributed by atoms with Crippen LogP contribution < -0.4 is 4.90 Å². The number of carboxylic acids is 1. The fraction of sp³-hybridized carbons (Fsp3) is 0.588. The maximum absolute atomic E-state index is 11.9. The summed E-state index contributed by atoms with van der Waals surface area (Å²) < 4.78 is 0. The summed E-state index contributed by atoms with van der Waals surface area (Å²) in [6.07, 6.45) is 3.92. The van der Waals surface area contributed by atoms with Gasteiger partial charge in [-0.2, -0.15) is 0 Å². The van der Waals surface area contributed by atoms with Crippen molar-refractivity contribution in [3.8, 4) is 0 Å². The quantitative estimate of drug-likeness (QED) is 0.855. The van der Waals surface area contributed by atoms with E-state index in [1.807, 2.05) is 13.1 Å². The number of fused-ring (bicyclic) bond motifs is 1. The Hall–Kier alpha value is -1.95. The molecule has 23 heavy (non-hydrogen) atoms. The van der Waals surface area contributed by atoms with Gasteiger partial charge in [0.2, 0.25) is 0 Å². The topological polar surface area (TPSA) is 73.7 Å². The SMILES string of the molecule is CC(=O)c1ccc(N2CC[C@@]3(C(=O)O)CCCN(C)[C@@H]3C2)nc1. The lowest BCUT2D eigenvalue weighted by molar-refractivity contribution is -0.158. The predicted molar refractivity (Wildman–Crippen MR) is 86.8 cm³/mol. The van der Waals surface area contributed by atoms with Crippen LogP contribution in [0.1, 0.15) is 36.5 Å². The molecule has 6 heteroatoms. The molecule has 6 nitrogen and oxygen atoms in total. The number of likely N-dealkylation sites (tertiary alicyclic amines) is 1. The smallest absolute Gasteiger partial charge is 0.311 e. The number of nitrogens with zero attached hydrogens (tertiary/aromatic N) is 3. The van der Waals surface area contributed by atoms with E-state index >= 15 is 0 Å².